The van der Waals surface area contributed by atoms with Gasteiger partial charge in [-0.2, -0.15) is 0 Å². The van der Waals surface area contributed by atoms with Gasteiger partial charge in [0.25, 0.3) is 0 Å². The second-order valence-corrected chi connectivity index (χ2v) is 6.34. The van der Waals surface area contributed by atoms with E-state index in [0.717, 1.165) is 41.6 Å². The van der Waals surface area contributed by atoms with Crippen LogP contribution < -0.4 is 10.1 Å². The van der Waals surface area contributed by atoms with Crippen molar-refractivity contribution in [3.05, 3.63) is 65.4 Å². The number of carboxylic acids is 1. The van der Waals surface area contributed by atoms with E-state index >= 15 is 0 Å². The quantitative estimate of drug-likeness (QED) is 0.608. The van der Waals surface area contributed by atoms with Crippen molar-refractivity contribution in [1.29, 1.82) is 0 Å². The average Bonchev–Trinajstić information content (AvgIpc) is 2.94. The molecule has 2 N–H and O–H groups in total. The highest BCUT2D eigenvalue weighted by molar-refractivity contribution is 5.98. The minimum Gasteiger partial charge on any atom is -0.497 e. The van der Waals surface area contributed by atoms with Crippen LogP contribution in [0.25, 0.3) is 10.9 Å². The second-order valence-electron chi connectivity index (χ2n) is 6.34. The number of carbonyl (C=O) groups is 1. The molecule has 0 aliphatic carbocycles. The number of benzene rings is 2. The van der Waals surface area contributed by atoms with Crippen LogP contribution in [0.3, 0.4) is 0 Å². The molecule has 0 radical (unpaired) electrons. The Balaban J connectivity index is 1.72. The van der Waals surface area contributed by atoms with Crippen LogP contribution in [0.1, 0.15) is 28.0 Å². The molecule has 136 valence electrons. The molecule has 0 amide bonds. The maximum Gasteiger partial charge on any atom is 0.352 e. The van der Waals surface area contributed by atoms with Crippen molar-refractivity contribution in [2.45, 2.75) is 19.4 Å². The van der Waals surface area contributed by atoms with E-state index < -0.39 is 5.97 Å². The fraction of sp³-hybridized carbons (Fsp3) is 0.286. The smallest absolute Gasteiger partial charge is 0.352 e. The van der Waals surface area contributed by atoms with Crippen LogP contribution in [0, 0.1) is 0 Å². The van der Waals surface area contributed by atoms with Crippen molar-refractivity contribution in [1.82, 2.24) is 9.88 Å². The third kappa shape index (κ3) is 3.73. The number of carboxylic acid groups (broad SMARTS) is 1. The summed E-state index contributed by atoms with van der Waals surface area (Å²) in [6.45, 7) is 1.36. The molecule has 1 heterocycles. The highest BCUT2D eigenvalue weighted by Gasteiger charge is 2.20. The first kappa shape index (κ1) is 18.0. The van der Waals surface area contributed by atoms with Gasteiger partial charge in [0.05, 0.1) is 12.6 Å². The second kappa shape index (κ2) is 8.06. The molecular weight excluding hydrogens is 328 g/mol. The zero-order valence-corrected chi connectivity index (χ0v) is 15.2. The largest absolute Gasteiger partial charge is 0.497 e. The minimum absolute atomic E-state index is 0.323. The van der Waals surface area contributed by atoms with Crippen LogP contribution in [0.15, 0.2) is 48.5 Å². The molecule has 26 heavy (non-hydrogen) atoms. The topological polar surface area (TPSA) is 63.5 Å². The van der Waals surface area contributed by atoms with Gasteiger partial charge >= 0.3 is 5.97 Å². The number of fused-ring (bicyclic) bond motifs is 1. The zero-order chi connectivity index (χ0) is 18.5. The summed E-state index contributed by atoms with van der Waals surface area (Å²) in [5.41, 5.74) is 3.32. The zero-order valence-electron chi connectivity index (χ0n) is 15.2. The number of aryl methyl sites for hydroxylation is 2. The molecule has 0 aliphatic heterocycles. The van der Waals surface area contributed by atoms with Gasteiger partial charge in [0, 0.05) is 30.6 Å². The molecule has 3 rings (SSSR count). The van der Waals surface area contributed by atoms with Gasteiger partial charge in [0.15, 0.2) is 0 Å². The summed E-state index contributed by atoms with van der Waals surface area (Å²) in [5.74, 6) is -0.193. The third-order valence-electron chi connectivity index (χ3n) is 4.68. The van der Waals surface area contributed by atoms with Crippen molar-refractivity contribution >= 4 is 16.9 Å². The van der Waals surface area contributed by atoms with Crippen molar-refractivity contribution in [2.75, 3.05) is 13.7 Å². The summed E-state index contributed by atoms with van der Waals surface area (Å²) in [7, 11) is 3.39. The molecular formula is C21H24N2O3. The van der Waals surface area contributed by atoms with Crippen molar-refractivity contribution < 1.29 is 14.6 Å². The molecule has 0 saturated heterocycles. The summed E-state index contributed by atoms with van der Waals surface area (Å²) >= 11 is 0. The Morgan fingerprint density at radius 2 is 1.96 bits per heavy atom. The van der Waals surface area contributed by atoms with Gasteiger partial charge in [0.2, 0.25) is 0 Å². The van der Waals surface area contributed by atoms with Crippen molar-refractivity contribution in [3.63, 3.8) is 0 Å². The number of rotatable bonds is 8. The van der Waals surface area contributed by atoms with E-state index in [2.05, 4.69) is 17.4 Å². The Labute approximate surface area is 153 Å². The molecule has 0 fully saturated rings. The van der Waals surface area contributed by atoms with E-state index in [4.69, 9.17) is 4.74 Å². The first-order valence-electron chi connectivity index (χ1n) is 8.75. The fourth-order valence-corrected chi connectivity index (χ4v) is 3.35. The first-order valence-corrected chi connectivity index (χ1v) is 8.75. The monoisotopic (exact) mass is 352 g/mol. The van der Waals surface area contributed by atoms with Gasteiger partial charge in [0.1, 0.15) is 11.4 Å². The number of nitrogens with one attached hydrogen (secondary N) is 1. The fourth-order valence-electron chi connectivity index (χ4n) is 3.35. The molecule has 2 aromatic carbocycles. The van der Waals surface area contributed by atoms with Crippen molar-refractivity contribution in [2.24, 2.45) is 7.05 Å². The number of aromatic nitrogens is 1. The maximum atomic E-state index is 11.8. The standard InChI is InChI=1S/C21H24N2O3/c1-23-19-13-16(26-2)10-11-17(19)18(20(23)21(24)25)14-22-12-6-9-15-7-4-3-5-8-15/h3-5,7-8,10-11,13,22H,6,9,12,14H2,1-2H3,(H,24,25). The summed E-state index contributed by atoms with van der Waals surface area (Å²) in [6.07, 6.45) is 2.01. The Bertz CT molecular complexity index is 901. The molecule has 0 unspecified atom stereocenters. The predicted octanol–water partition coefficient (Wildman–Crippen LogP) is 3.61. The van der Waals surface area contributed by atoms with Crippen LogP contribution in [0.4, 0.5) is 0 Å². The summed E-state index contributed by atoms with van der Waals surface area (Å²) in [6, 6.07) is 16.0. The van der Waals surface area contributed by atoms with Gasteiger partial charge in [-0.1, -0.05) is 30.3 Å². The van der Waals surface area contributed by atoms with Gasteiger partial charge in [-0.15, -0.1) is 0 Å². The summed E-state index contributed by atoms with van der Waals surface area (Å²) in [4.78, 5) is 11.8. The van der Waals surface area contributed by atoms with E-state index in [1.807, 2.05) is 36.4 Å². The van der Waals surface area contributed by atoms with E-state index in [-0.39, 0.29) is 0 Å². The number of nitrogens with zero attached hydrogens (tertiary/aromatic N) is 1. The number of hydrogen-bond acceptors (Lipinski definition) is 3. The molecule has 0 saturated carbocycles. The number of aromatic carboxylic acids is 1. The Morgan fingerprint density at radius 3 is 2.65 bits per heavy atom. The normalized spacial score (nSPS) is 11.0. The van der Waals surface area contributed by atoms with Gasteiger partial charge in [-0.25, -0.2) is 4.79 Å². The maximum absolute atomic E-state index is 11.8. The lowest BCUT2D eigenvalue weighted by Crippen LogP contribution is -2.18. The molecule has 0 atom stereocenters. The Morgan fingerprint density at radius 1 is 1.19 bits per heavy atom. The van der Waals surface area contributed by atoms with Gasteiger partial charge < -0.3 is 19.7 Å². The first-order chi connectivity index (χ1) is 12.6. The summed E-state index contributed by atoms with van der Waals surface area (Å²) in [5, 5.41) is 14.0. The predicted molar refractivity (Wildman–Crippen MR) is 103 cm³/mol. The van der Waals surface area contributed by atoms with Crippen LogP contribution >= 0.6 is 0 Å². The van der Waals surface area contributed by atoms with E-state index in [1.54, 1.807) is 18.7 Å². The van der Waals surface area contributed by atoms with Gasteiger partial charge in [-0.3, -0.25) is 0 Å². The lowest BCUT2D eigenvalue weighted by molar-refractivity contribution is 0.0685. The van der Waals surface area contributed by atoms with Crippen LogP contribution in [-0.2, 0) is 20.0 Å². The molecule has 5 heteroatoms. The van der Waals surface area contributed by atoms with Crippen LogP contribution in [0.5, 0.6) is 5.75 Å². The lowest BCUT2D eigenvalue weighted by atomic mass is 10.1. The molecule has 1 aromatic heterocycles. The van der Waals surface area contributed by atoms with E-state index in [0.29, 0.717) is 12.2 Å². The highest BCUT2D eigenvalue weighted by atomic mass is 16.5. The Kier molecular flexibility index (Phi) is 5.58. The summed E-state index contributed by atoms with van der Waals surface area (Å²) < 4.78 is 6.99. The molecule has 3 aromatic rings. The minimum atomic E-state index is -0.913. The number of methoxy groups -OCH3 is 1. The lowest BCUT2D eigenvalue weighted by Gasteiger charge is -2.06. The van der Waals surface area contributed by atoms with Gasteiger partial charge in [-0.05, 0) is 37.1 Å². The number of ether oxygens (including phenoxy) is 1. The van der Waals surface area contributed by atoms with Crippen molar-refractivity contribution in [3.8, 4) is 5.75 Å². The van der Waals surface area contributed by atoms with E-state index in [9.17, 15) is 9.90 Å². The molecule has 0 bridgehead atoms. The van der Waals surface area contributed by atoms with Crippen LogP contribution in [0.2, 0.25) is 0 Å². The highest BCUT2D eigenvalue weighted by Crippen LogP contribution is 2.28. The van der Waals surface area contributed by atoms with E-state index in [1.165, 1.54) is 5.56 Å². The number of hydrogen-bond donors (Lipinski definition) is 2. The van der Waals surface area contributed by atoms with Crippen LogP contribution in [-0.4, -0.2) is 29.3 Å². The third-order valence-corrected chi connectivity index (χ3v) is 4.68. The molecule has 5 nitrogen and oxygen atoms in total. The molecule has 0 spiro atoms. The Hall–Kier alpha value is -2.79. The molecule has 0 aliphatic rings. The average molecular weight is 352 g/mol. The SMILES string of the molecule is COc1ccc2c(CNCCCc3ccccc3)c(C(=O)O)n(C)c2c1.